The molecule has 0 saturated carbocycles. The quantitative estimate of drug-likeness (QED) is 0.841. The molecule has 0 amide bonds. The van der Waals surface area contributed by atoms with Crippen molar-refractivity contribution in [3.63, 3.8) is 0 Å². The number of hydrogen-bond donors (Lipinski definition) is 1. The van der Waals surface area contributed by atoms with Crippen molar-refractivity contribution < 1.29 is 9.52 Å². The first kappa shape index (κ1) is 13.1. The summed E-state index contributed by atoms with van der Waals surface area (Å²) in [5, 5.41) is 9.98. The number of aliphatic hydroxyl groups excluding tert-OH is 1. The molecule has 0 aliphatic heterocycles. The average molecular weight is 264 g/mol. The van der Waals surface area contributed by atoms with E-state index in [0.717, 1.165) is 16.5 Å². The van der Waals surface area contributed by atoms with Gasteiger partial charge in [-0.05, 0) is 26.0 Å². The summed E-state index contributed by atoms with van der Waals surface area (Å²) >= 11 is 1.61. The molecule has 0 aliphatic rings. The number of oxazole rings is 1. The number of rotatable bonds is 5. The van der Waals surface area contributed by atoms with E-state index in [2.05, 4.69) is 9.97 Å². The lowest BCUT2D eigenvalue weighted by molar-refractivity contribution is 0.297. The molecule has 0 spiro atoms. The van der Waals surface area contributed by atoms with E-state index in [-0.39, 0.29) is 11.9 Å². The smallest absolute Gasteiger partial charge is 0.207 e. The molecule has 0 radical (unpaired) electrons. The zero-order valence-corrected chi connectivity index (χ0v) is 11.3. The molecule has 0 aromatic carbocycles. The van der Waals surface area contributed by atoms with E-state index in [9.17, 15) is 0 Å². The van der Waals surface area contributed by atoms with Crippen LogP contribution in [0.4, 0.5) is 0 Å². The van der Waals surface area contributed by atoms with Crippen LogP contribution in [-0.4, -0.2) is 21.7 Å². The largest absolute Gasteiger partial charge is 0.445 e. The van der Waals surface area contributed by atoms with Crippen molar-refractivity contribution in [1.29, 1.82) is 0 Å². The Labute approximate surface area is 110 Å². The Balaban J connectivity index is 2.09. The first-order chi connectivity index (χ1) is 8.70. The maximum absolute atomic E-state index is 8.93. The second-order valence-electron chi connectivity index (χ2n) is 3.96. The number of hydrogen-bond acceptors (Lipinski definition) is 5. The molecular weight excluding hydrogens is 248 g/mol. The summed E-state index contributed by atoms with van der Waals surface area (Å²) in [5.41, 5.74) is 0.834. The summed E-state index contributed by atoms with van der Waals surface area (Å²) in [5.74, 6) is 1.47. The summed E-state index contributed by atoms with van der Waals surface area (Å²) in [4.78, 5) is 8.68. The van der Waals surface area contributed by atoms with Crippen molar-refractivity contribution in [3.8, 4) is 0 Å². The van der Waals surface area contributed by atoms with Crippen LogP contribution in [0.25, 0.3) is 0 Å². The molecule has 5 heteroatoms. The SMILES string of the molecule is Cc1oc(C(C)Sc2ccccn2)nc1CCO. The van der Waals surface area contributed by atoms with Crippen molar-refractivity contribution >= 4 is 11.8 Å². The second-order valence-corrected chi connectivity index (χ2v) is 5.32. The van der Waals surface area contributed by atoms with Gasteiger partial charge >= 0.3 is 0 Å². The Morgan fingerprint density at radius 1 is 1.44 bits per heavy atom. The normalized spacial score (nSPS) is 12.6. The van der Waals surface area contributed by atoms with Crippen LogP contribution in [0.2, 0.25) is 0 Å². The van der Waals surface area contributed by atoms with E-state index in [4.69, 9.17) is 9.52 Å². The van der Waals surface area contributed by atoms with Crippen LogP contribution >= 0.6 is 11.8 Å². The van der Waals surface area contributed by atoms with Gasteiger partial charge in [0, 0.05) is 19.2 Å². The molecule has 2 heterocycles. The van der Waals surface area contributed by atoms with E-state index < -0.39 is 0 Å². The third kappa shape index (κ3) is 3.11. The third-order valence-electron chi connectivity index (χ3n) is 2.54. The highest BCUT2D eigenvalue weighted by Crippen LogP contribution is 2.33. The fraction of sp³-hybridized carbons (Fsp3) is 0.385. The maximum atomic E-state index is 8.93. The van der Waals surface area contributed by atoms with Gasteiger partial charge in [-0.3, -0.25) is 0 Å². The van der Waals surface area contributed by atoms with Gasteiger partial charge in [-0.1, -0.05) is 17.8 Å². The van der Waals surface area contributed by atoms with Gasteiger partial charge in [-0.15, -0.1) is 0 Å². The monoisotopic (exact) mass is 264 g/mol. The predicted octanol–water partition coefficient (Wildman–Crippen LogP) is 2.77. The van der Waals surface area contributed by atoms with E-state index >= 15 is 0 Å². The molecule has 0 bridgehead atoms. The molecule has 2 rings (SSSR count). The van der Waals surface area contributed by atoms with Crippen molar-refractivity contribution in [2.24, 2.45) is 0 Å². The molecule has 2 aromatic rings. The van der Waals surface area contributed by atoms with E-state index in [1.807, 2.05) is 32.0 Å². The molecule has 0 saturated heterocycles. The molecule has 18 heavy (non-hydrogen) atoms. The molecule has 1 atom stereocenters. The van der Waals surface area contributed by atoms with Gasteiger partial charge < -0.3 is 9.52 Å². The zero-order chi connectivity index (χ0) is 13.0. The Morgan fingerprint density at radius 3 is 2.94 bits per heavy atom. The van der Waals surface area contributed by atoms with Crippen molar-refractivity contribution in [1.82, 2.24) is 9.97 Å². The van der Waals surface area contributed by atoms with Crippen LogP contribution in [0.5, 0.6) is 0 Å². The van der Waals surface area contributed by atoms with Crippen molar-refractivity contribution in [3.05, 3.63) is 41.7 Å². The van der Waals surface area contributed by atoms with Gasteiger partial charge in [0.15, 0.2) is 0 Å². The van der Waals surface area contributed by atoms with E-state index in [1.165, 1.54) is 0 Å². The molecule has 1 unspecified atom stereocenters. The Morgan fingerprint density at radius 2 is 2.28 bits per heavy atom. The first-order valence-corrected chi connectivity index (χ1v) is 6.73. The number of nitrogens with zero attached hydrogens (tertiary/aromatic N) is 2. The van der Waals surface area contributed by atoms with Gasteiger partial charge in [0.2, 0.25) is 5.89 Å². The summed E-state index contributed by atoms with van der Waals surface area (Å²) in [6.07, 6.45) is 2.31. The minimum atomic E-state index is 0.0918. The number of aromatic nitrogens is 2. The van der Waals surface area contributed by atoms with E-state index in [1.54, 1.807) is 18.0 Å². The minimum absolute atomic E-state index is 0.0918. The summed E-state index contributed by atoms with van der Waals surface area (Å²) in [6, 6.07) is 5.81. The minimum Gasteiger partial charge on any atom is -0.445 e. The first-order valence-electron chi connectivity index (χ1n) is 5.85. The third-order valence-corrected chi connectivity index (χ3v) is 3.58. The van der Waals surface area contributed by atoms with Gasteiger partial charge in [-0.2, -0.15) is 0 Å². The topological polar surface area (TPSA) is 59.2 Å². The molecule has 4 nitrogen and oxygen atoms in total. The van der Waals surface area contributed by atoms with Crippen LogP contribution in [0.3, 0.4) is 0 Å². The molecule has 0 fully saturated rings. The fourth-order valence-electron chi connectivity index (χ4n) is 1.61. The van der Waals surface area contributed by atoms with Gasteiger partial charge in [0.1, 0.15) is 5.76 Å². The molecular formula is C13H16N2O2S. The lowest BCUT2D eigenvalue weighted by Gasteiger charge is -2.05. The van der Waals surface area contributed by atoms with Crippen LogP contribution in [0, 0.1) is 6.92 Å². The summed E-state index contributed by atoms with van der Waals surface area (Å²) in [7, 11) is 0. The second kappa shape index (κ2) is 6.02. The number of pyridine rings is 1. The molecule has 0 aliphatic carbocycles. The molecule has 1 N–H and O–H groups in total. The Hall–Kier alpha value is -1.33. The van der Waals surface area contributed by atoms with E-state index in [0.29, 0.717) is 12.3 Å². The Kier molecular flexibility index (Phi) is 4.38. The van der Waals surface area contributed by atoms with Crippen LogP contribution < -0.4 is 0 Å². The van der Waals surface area contributed by atoms with Gasteiger partial charge in [-0.25, -0.2) is 9.97 Å². The van der Waals surface area contributed by atoms with Crippen molar-refractivity contribution in [2.75, 3.05) is 6.61 Å². The standard InChI is InChI=1S/C13H16N2O2S/c1-9-11(6-8-16)15-13(17-9)10(2)18-12-5-3-4-7-14-12/h3-5,7,10,16H,6,8H2,1-2H3. The summed E-state index contributed by atoms with van der Waals surface area (Å²) in [6.45, 7) is 4.00. The van der Waals surface area contributed by atoms with Crippen LogP contribution in [-0.2, 0) is 6.42 Å². The molecule has 96 valence electrons. The van der Waals surface area contributed by atoms with Gasteiger partial charge in [0.25, 0.3) is 0 Å². The van der Waals surface area contributed by atoms with Crippen LogP contribution in [0.1, 0.15) is 29.5 Å². The van der Waals surface area contributed by atoms with Crippen molar-refractivity contribution in [2.45, 2.75) is 30.5 Å². The lowest BCUT2D eigenvalue weighted by atomic mass is 10.3. The van der Waals surface area contributed by atoms with Gasteiger partial charge in [0.05, 0.1) is 16.0 Å². The number of thioether (sulfide) groups is 1. The summed E-state index contributed by atoms with van der Waals surface area (Å²) < 4.78 is 5.63. The predicted molar refractivity (Wildman–Crippen MR) is 70.5 cm³/mol. The number of aryl methyl sites for hydroxylation is 1. The number of aliphatic hydroxyl groups is 1. The maximum Gasteiger partial charge on any atom is 0.207 e. The fourth-order valence-corrected chi connectivity index (χ4v) is 2.45. The highest BCUT2D eigenvalue weighted by atomic mass is 32.2. The average Bonchev–Trinajstić information content (AvgIpc) is 2.73. The highest BCUT2D eigenvalue weighted by Gasteiger charge is 2.16. The zero-order valence-electron chi connectivity index (χ0n) is 10.5. The Bertz CT molecular complexity index is 499. The highest BCUT2D eigenvalue weighted by molar-refractivity contribution is 7.99. The lowest BCUT2D eigenvalue weighted by Crippen LogP contribution is -1.94. The molecule has 2 aromatic heterocycles. The van der Waals surface area contributed by atoms with Crippen LogP contribution in [0.15, 0.2) is 33.8 Å².